The molecule has 168 valence electrons. The Morgan fingerprint density at radius 1 is 1.23 bits per heavy atom. The van der Waals surface area contributed by atoms with Gasteiger partial charge < -0.3 is 31.1 Å². The largest absolute Gasteiger partial charge is 0.380 e. The summed E-state index contributed by atoms with van der Waals surface area (Å²) in [6.45, 7) is 2.27. The predicted molar refractivity (Wildman–Crippen MR) is 110 cm³/mol. The molecule has 1 aromatic carbocycles. The molecule has 0 aliphatic carbocycles. The summed E-state index contributed by atoms with van der Waals surface area (Å²) in [7, 11) is 0. The minimum Gasteiger partial charge on any atom is -0.380 e. The van der Waals surface area contributed by atoms with Crippen LogP contribution in [0.4, 0.5) is 10.1 Å². The summed E-state index contributed by atoms with van der Waals surface area (Å²) >= 11 is 0. The van der Waals surface area contributed by atoms with Gasteiger partial charge in [-0.05, 0) is 43.4 Å². The molecule has 5 N–H and O–H groups in total. The molecule has 2 fully saturated rings. The lowest BCUT2D eigenvalue weighted by Crippen LogP contribution is -2.51. The maximum Gasteiger partial charge on any atom is 0.254 e. The van der Waals surface area contributed by atoms with Crippen LogP contribution in [0, 0.1) is 23.1 Å². The molecule has 0 bridgehead atoms. The maximum absolute atomic E-state index is 13.3. The van der Waals surface area contributed by atoms with E-state index in [4.69, 9.17) is 5.73 Å². The first kappa shape index (κ1) is 22.9. The Morgan fingerprint density at radius 2 is 1.94 bits per heavy atom. The number of anilines is 1. The van der Waals surface area contributed by atoms with Crippen LogP contribution in [0.2, 0.25) is 0 Å². The number of nitrogens with two attached hydrogens (primary N) is 1. The zero-order valence-electron chi connectivity index (χ0n) is 17.2. The van der Waals surface area contributed by atoms with Crippen LogP contribution >= 0.6 is 0 Å². The lowest BCUT2D eigenvalue weighted by molar-refractivity contribution is -0.152. The Labute approximate surface area is 180 Å². The van der Waals surface area contributed by atoms with E-state index >= 15 is 0 Å². The molecule has 2 aliphatic rings. The third kappa shape index (κ3) is 5.50. The van der Waals surface area contributed by atoms with Gasteiger partial charge in [0.05, 0.1) is 11.3 Å². The van der Waals surface area contributed by atoms with Gasteiger partial charge in [0.2, 0.25) is 0 Å². The van der Waals surface area contributed by atoms with E-state index < -0.39 is 29.8 Å². The Balaban J connectivity index is 1.45. The molecule has 2 heterocycles. The summed E-state index contributed by atoms with van der Waals surface area (Å²) in [5, 5.41) is 32.0. The van der Waals surface area contributed by atoms with Crippen molar-refractivity contribution in [1.29, 1.82) is 5.26 Å². The van der Waals surface area contributed by atoms with E-state index in [0.29, 0.717) is 44.8 Å². The highest BCUT2D eigenvalue weighted by Crippen LogP contribution is 2.26. The number of carbonyl (C=O) groups excluding carboxylic acids is 2. The van der Waals surface area contributed by atoms with Crippen LogP contribution in [0.25, 0.3) is 0 Å². The van der Waals surface area contributed by atoms with Crippen LogP contribution in [-0.2, 0) is 9.59 Å². The summed E-state index contributed by atoms with van der Waals surface area (Å²) in [6.07, 6.45) is -1.60. The smallest absolute Gasteiger partial charge is 0.254 e. The molecule has 9 nitrogen and oxygen atoms in total. The van der Waals surface area contributed by atoms with Crippen molar-refractivity contribution < 1.29 is 24.2 Å². The first-order chi connectivity index (χ1) is 14.8. The molecule has 2 amide bonds. The quantitative estimate of drug-likeness (QED) is 0.465. The molecule has 1 aromatic rings. The number of aliphatic hydroxyl groups excluding tert-OH is 2. The van der Waals surface area contributed by atoms with Gasteiger partial charge in [0.1, 0.15) is 11.9 Å². The number of benzene rings is 1. The number of hydrogen-bond donors (Lipinski definition) is 4. The number of piperidine rings is 1. The maximum atomic E-state index is 13.3. The second-order valence-corrected chi connectivity index (χ2v) is 8.17. The molecular weight excluding hydrogens is 405 g/mol. The normalized spacial score (nSPS) is 21.5. The van der Waals surface area contributed by atoms with Crippen LogP contribution in [0.15, 0.2) is 18.2 Å². The zero-order valence-corrected chi connectivity index (χ0v) is 17.2. The molecule has 3 atom stereocenters. The number of likely N-dealkylation sites (tertiary alicyclic amines) is 1. The average Bonchev–Trinajstić information content (AvgIpc) is 3.22. The topological polar surface area (TPSA) is 143 Å². The van der Waals surface area contributed by atoms with Gasteiger partial charge in [-0.2, -0.15) is 5.26 Å². The van der Waals surface area contributed by atoms with E-state index in [-0.39, 0.29) is 17.5 Å². The van der Waals surface area contributed by atoms with Crippen LogP contribution in [0.1, 0.15) is 24.8 Å². The third-order valence-corrected chi connectivity index (χ3v) is 5.96. The van der Waals surface area contributed by atoms with Crippen molar-refractivity contribution in [2.45, 2.75) is 37.5 Å². The lowest BCUT2D eigenvalue weighted by atomic mass is 9.95. The summed E-state index contributed by atoms with van der Waals surface area (Å²) < 4.78 is 13.3. The van der Waals surface area contributed by atoms with Crippen LogP contribution in [0.3, 0.4) is 0 Å². The Morgan fingerprint density at radius 3 is 2.55 bits per heavy atom. The standard InChI is InChI=1S/C21H28FN5O4/c22-15-1-2-17(14(9-15)10-23)26-6-3-13(4-7-26)11-25-20(30)18(28)19(29)21(31)27-8-5-16(24)12-27/h1-2,9,13,16,18-19,28-29H,3-8,11-12,24H2,(H,25,30)/t16-,18+,19+/m0/s1. The second kappa shape index (κ2) is 10.0. The highest BCUT2D eigenvalue weighted by Gasteiger charge is 2.36. The van der Waals surface area contributed by atoms with Crippen molar-refractivity contribution in [2.24, 2.45) is 11.7 Å². The average molecular weight is 433 g/mol. The van der Waals surface area contributed by atoms with Crippen molar-refractivity contribution in [2.75, 3.05) is 37.6 Å². The van der Waals surface area contributed by atoms with E-state index in [0.717, 1.165) is 12.8 Å². The van der Waals surface area contributed by atoms with Gasteiger partial charge >= 0.3 is 0 Å². The van der Waals surface area contributed by atoms with Gasteiger partial charge in [0.25, 0.3) is 11.8 Å². The minimum absolute atomic E-state index is 0.141. The van der Waals surface area contributed by atoms with E-state index in [1.807, 2.05) is 11.0 Å². The number of rotatable bonds is 6. The van der Waals surface area contributed by atoms with Gasteiger partial charge in [-0.25, -0.2) is 4.39 Å². The molecular formula is C21H28FN5O4. The molecule has 2 saturated heterocycles. The fourth-order valence-electron chi connectivity index (χ4n) is 4.05. The van der Waals surface area contributed by atoms with Gasteiger partial charge in [-0.3, -0.25) is 9.59 Å². The van der Waals surface area contributed by atoms with Crippen molar-refractivity contribution in [1.82, 2.24) is 10.2 Å². The van der Waals surface area contributed by atoms with Crippen molar-refractivity contribution in [3.63, 3.8) is 0 Å². The number of nitrogens with one attached hydrogen (secondary N) is 1. The number of carbonyl (C=O) groups is 2. The summed E-state index contributed by atoms with van der Waals surface area (Å²) in [5.74, 6) is -1.80. The van der Waals surface area contributed by atoms with Crippen LogP contribution < -0.4 is 16.0 Å². The van der Waals surface area contributed by atoms with E-state index in [2.05, 4.69) is 5.32 Å². The number of amides is 2. The van der Waals surface area contributed by atoms with Gasteiger partial charge in [0.15, 0.2) is 12.2 Å². The zero-order chi connectivity index (χ0) is 22.5. The molecule has 31 heavy (non-hydrogen) atoms. The number of nitriles is 1. The third-order valence-electron chi connectivity index (χ3n) is 5.96. The summed E-state index contributed by atoms with van der Waals surface area (Å²) in [4.78, 5) is 27.8. The first-order valence-electron chi connectivity index (χ1n) is 10.4. The number of nitrogens with zero attached hydrogens (tertiary/aromatic N) is 3. The monoisotopic (exact) mass is 433 g/mol. The lowest BCUT2D eigenvalue weighted by Gasteiger charge is -2.34. The van der Waals surface area contributed by atoms with Crippen molar-refractivity contribution >= 4 is 17.5 Å². The molecule has 0 aromatic heterocycles. The Hall–Kier alpha value is -2.74. The van der Waals surface area contributed by atoms with Crippen molar-refractivity contribution in [3.8, 4) is 6.07 Å². The second-order valence-electron chi connectivity index (χ2n) is 8.17. The SMILES string of the molecule is N#Cc1cc(F)ccc1N1CCC(CNC(=O)[C@H](O)[C@@H](O)C(=O)N2CC[C@H](N)C2)CC1. The molecule has 0 unspecified atom stereocenters. The molecule has 3 rings (SSSR count). The number of aliphatic hydroxyl groups is 2. The Kier molecular flexibility index (Phi) is 7.43. The van der Waals surface area contributed by atoms with Gasteiger partial charge in [-0.15, -0.1) is 0 Å². The van der Waals surface area contributed by atoms with Crippen LogP contribution in [-0.4, -0.2) is 77.9 Å². The molecule has 0 saturated carbocycles. The Bertz CT molecular complexity index is 853. The highest BCUT2D eigenvalue weighted by molar-refractivity contribution is 5.90. The molecule has 10 heteroatoms. The van der Waals surface area contributed by atoms with E-state index in [1.165, 1.54) is 17.0 Å². The fraction of sp³-hybridized carbons (Fsp3) is 0.571. The molecule has 0 spiro atoms. The van der Waals surface area contributed by atoms with Crippen LogP contribution in [0.5, 0.6) is 0 Å². The first-order valence-corrected chi connectivity index (χ1v) is 10.4. The molecule has 2 aliphatic heterocycles. The summed E-state index contributed by atoms with van der Waals surface area (Å²) in [6, 6.07) is 5.99. The number of hydrogen-bond acceptors (Lipinski definition) is 7. The number of halogens is 1. The highest BCUT2D eigenvalue weighted by atomic mass is 19.1. The minimum atomic E-state index is -1.85. The molecule has 0 radical (unpaired) electrons. The van der Waals surface area contributed by atoms with Gasteiger partial charge in [0, 0.05) is 38.8 Å². The predicted octanol–water partition coefficient (Wildman–Crippen LogP) is -0.689. The van der Waals surface area contributed by atoms with Gasteiger partial charge in [-0.1, -0.05) is 0 Å². The van der Waals surface area contributed by atoms with E-state index in [9.17, 15) is 29.5 Å². The van der Waals surface area contributed by atoms with Crippen molar-refractivity contribution in [3.05, 3.63) is 29.6 Å². The van der Waals surface area contributed by atoms with E-state index in [1.54, 1.807) is 6.07 Å². The summed E-state index contributed by atoms with van der Waals surface area (Å²) in [5.41, 5.74) is 6.72. The fourth-order valence-corrected chi connectivity index (χ4v) is 4.05.